The van der Waals surface area contributed by atoms with Gasteiger partial charge < -0.3 is 15.4 Å². The number of hydrogen-bond acceptors (Lipinski definition) is 3. The molecule has 0 aromatic heterocycles. The molecule has 4 heteroatoms. The predicted octanol–water partition coefficient (Wildman–Crippen LogP) is 1.90. The van der Waals surface area contributed by atoms with Crippen LogP contribution in [0, 0.1) is 5.92 Å². The summed E-state index contributed by atoms with van der Waals surface area (Å²) in [5, 5.41) is 0. The highest BCUT2D eigenvalue weighted by Crippen LogP contribution is 2.38. The van der Waals surface area contributed by atoms with Gasteiger partial charge in [-0.1, -0.05) is 11.6 Å². The highest BCUT2D eigenvalue weighted by molar-refractivity contribution is 5.69. The maximum Gasteiger partial charge on any atom is 0.410 e. The molecule has 1 amide bonds. The van der Waals surface area contributed by atoms with Crippen LogP contribution >= 0.6 is 0 Å². The van der Waals surface area contributed by atoms with Gasteiger partial charge in [0, 0.05) is 19.1 Å². The van der Waals surface area contributed by atoms with Gasteiger partial charge in [-0.2, -0.15) is 0 Å². The van der Waals surface area contributed by atoms with Gasteiger partial charge in [-0.3, -0.25) is 0 Å². The van der Waals surface area contributed by atoms with Crippen molar-refractivity contribution in [3.8, 4) is 0 Å². The van der Waals surface area contributed by atoms with Crippen molar-refractivity contribution in [2.45, 2.75) is 45.3 Å². The van der Waals surface area contributed by atoms with Crippen molar-refractivity contribution in [1.82, 2.24) is 4.90 Å². The van der Waals surface area contributed by atoms with E-state index in [9.17, 15) is 4.79 Å². The van der Waals surface area contributed by atoms with E-state index < -0.39 is 5.60 Å². The number of amides is 1. The van der Waals surface area contributed by atoms with Gasteiger partial charge in [0.1, 0.15) is 5.60 Å². The molecular formula is C13H22N2O2. The molecule has 1 heterocycles. The minimum atomic E-state index is -0.442. The van der Waals surface area contributed by atoms with Gasteiger partial charge in [0.05, 0.1) is 0 Å². The summed E-state index contributed by atoms with van der Waals surface area (Å²) in [6, 6.07) is -0.0492. The average Bonchev–Trinajstić information content (AvgIpc) is 2.96. The molecule has 1 fully saturated rings. The first kappa shape index (κ1) is 12.4. The zero-order chi connectivity index (χ0) is 12.6. The SMILES string of the molecule is CC(C)(C)OC(=O)N1CC(C2CC2)=CC(N)C1. The highest BCUT2D eigenvalue weighted by atomic mass is 16.6. The Hall–Kier alpha value is -1.03. The van der Waals surface area contributed by atoms with Crippen LogP contribution in [-0.2, 0) is 4.74 Å². The fourth-order valence-electron chi connectivity index (χ4n) is 2.10. The van der Waals surface area contributed by atoms with Crippen LogP contribution < -0.4 is 5.73 Å². The molecule has 1 aliphatic heterocycles. The minimum Gasteiger partial charge on any atom is -0.444 e. The van der Waals surface area contributed by atoms with Gasteiger partial charge in [-0.05, 0) is 39.5 Å². The third-order valence-electron chi connectivity index (χ3n) is 2.99. The van der Waals surface area contributed by atoms with Crippen molar-refractivity contribution in [3.05, 3.63) is 11.6 Å². The molecule has 0 spiro atoms. The zero-order valence-electron chi connectivity index (χ0n) is 10.9. The van der Waals surface area contributed by atoms with E-state index in [1.807, 2.05) is 20.8 Å². The van der Waals surface area contributed by atoms with Gasteiger partial charge in [-0.25, -0.2) is 4.79 Å². The summed E-state index contributed by atoms with van der Waals surface area (Å²) in [5.74, 6) is 0.659. The smallest absolute Gasteiger partial charge is 0.410 e. The summed E-state index contributed by atoms with van der Waals surface area (Å²) in [6.45, 7) is 6.89. The number of hydrogen-bond donors (Lipinski definition) is 1. The summed E-state index contributed by atoms with van der Waals surface area (Å²) >= 11 is 0. The van der Waals surface area contributed by atoms with Crippen LogP contribution in [0.1, 0.15) is 33.6 Å². The van der Waals surface area contributed by atoms with Gasteiger partial charge in [0.2, 0.25) is 0 Å². The second-order valence-corrected chi connectivity index (χ2v) is 6.04. The topological polar surface area (TPSA) is 55.6 Å². The molecule has 96 valence electrons. The number of carbonyl (C=O) groups excluding carboxylic acids is 1. The van der Waals surface area contributed by atoms with Crippen LogP contribution in [0.5, 0.6) is 0 Å². The normalized spacial score (nSPS) is 25.5. The molecule has 0 aromatic rings. The second kappa shape index (κ2) is 4.33. The molecule has 1 unspecified atom stereocenters. The molecule has 1 aliphatic carbocycles. The Morgan fingerprint density at radius 2 is 2.12 bits per heavy atom. The summed E-state index contributed by atoms with van der Waals surface area (Å²) in [7, 11) is 0. The number of rotatable bonds is 1. The van der Waals surface area contributed by atoms with Crippen molar-refractivity contribution in [1.29, 1.82) is 0 Å². The summed E-state index contributed by atoms with van der Waals surface area (Å²) < 4.78 is 5.38. The number of nitrogens with zero attached hydrogens (tertiary/aromatic N) is 1. The van der Waals surface area contributed by atoms with Gasteiger partial charge in [0.25, 0.3) is 0 Å². The van der Waals surface area contributed by atoms with Crippen molar-refractivity contribution in [3.63, 3.8) is 0 Å². The molecule has 1 atom stereocenters. The molecular weight excluding hydrogens is 216 g/mol. The Kier molecular flexibility index (Phi) is 3.17. The van der Waals surface area contributed by atoms with Crippen LogP contribution in [0.2, 0.25) is 0 Å². The van der Waals surface area contributed by atoms with E-state index in [-0.39, 0.29) is 12.1 Å². The summed E-state index contributed by atoms with van der Waals surface area (Å²) in [6.07, 6.45) is 4.35. The quantitative estimate of drug-likeness (QED) is 0.710. The Balaban J connectivity index is 1.98. The van der Waals surface area contributed by atoms with E-state index in [2.05, 4.69) is 6.08 Å². The molecule has 2 N–H and O–H groups in total. The summed E-state index contributed by atoms with van der Waals surface area (Å²) in [4.78, 5) is 13.7. The van der Waals surface area contributed by atoms with Crippen LogP contribution in [0.15, 0.2) is 11.6 Å². The fraction of sp³-hybridized carbons (Fsp3) is 0.769. The molecule has 0 aromatic carbocycles. The van der Waals surface area contributed by atoms with Crippen LogP contribution in [-0.4, -0.2) is 35.7 Å². The van der Waals surface area contributed by atoms with Gasteiger partial charge >= 0.3 is 6.09 Å². The predicted molar refractivity (Wildman–Crippen MR) is 66.6 cm³/mol. The Morgan fingerprint density at radius 3 is 2.65 bits per heavy atom. The Bertz CT molecular complexity index is 340. The van der Waals surface area contributed by atoms with E-state index >= 15 is 0 Å². The van der Waals surface area contributed by atoms with Gasteiger partial charge in [-0.15, -0.1) is 0 Å². The van der Waals surface area contributed by atoms with Crippen molar-refractivity contribution in [2.75, 3.05) is 13.1 Å². The zero-order valence-corrected chi connectivity index (χ0v) is 10.9. The number of ether oxygens (including phenoxy) is 1. The lowest BCUT2D eigenvalue weighted by atomic mass is 10.0. The average molecular weight is 238 g/mol. The summed E-state index contributed by atoms with van der Waals surface area (Å²) in [5.41, 5.74) is 6.83. The number of carbonyl (C=O) groups is 1. The lowest BCUT2D eigenvalue weighted by Gasteiger charge is -2.32. The highest BCUT2D eigenvalue weighted by Gasteiger charge is 2.33. The maximum absolute atomic E-state index is 12.0. The Labute approximate surface area is 103 Å². The largest absolute Gasteiger partial charge is 0.444 e. The lowest BCUT2D eigenvalue weighted by Crippen LogP contribution is -2.47. The second-order valence-electron chi connectivity index (χ2n) is 6.04. The monoisotopic (exact) mass is 238 g/mol. The lowest BCUT2D eigenvalue weighted by molar-refractivity contribution is 0.0251. The van der Waals surface area contributed by atoms with E-state index in [0.717, 1.165) is 0 Å². The third kappa shape index (κ3) is 3.46. The molecule has 0 bridgehead atoms. The van der Waals surface area contributed by atoms with Gasteiger partial charge in [0.15, 0.2) is 0 Å². The van der Waals surface area contributed by atoms with Crippen molar-refractivity contribution < 1.29 is 9.53 Å². The van der Waals surface area contributed by atoms with Crippen LogP contribution in [0.4, 0.5) is 4.79 Å². The van der Waals surface area contributed by atoms with Crippen molar-refractivity contribution >= 4 is 6.09 Å². The van der Waals surface area contributed by atoms with E-state index in [0.29, 0.717) is 19.0 Å². The van der Waals surface area contributed by atoms with Crippen molar-refractivity contribution in [2.24, 2.45) is 11.7 Å². The van der Waals surface area contributed by atoms with E-state index in [4.69, 9.17) is 10.5 Å². The maximum atomic E-state index is 12.0. The standard InChI is InChI=1S/C13H22N2O2/c1-13(2,3)17-12(16)15-7-10(9-4-5-9)6-11(14)8-15/h6,9,11H,4-5,7-8,14H2,1-3H3. The molecule has 2 rings (SSSR count). The third-order valence-corrected chi connectivity index (χ3v) is 2.99. The Morgan fingerprint density at radius 1 is 1.47 bits per heavy atom. The van der Waals surface area contributed by atoms with E-state index in [1.54, 1.807) is 4.90 Å². The molecule has 17 heavy (non-hydrogen) atoms. The minimum absolute atomic E-state index is 0.0492. The first-order valence-electron chi connectivity index (χ1n) is 6.29. The van der Waals surface area contributed by atoms with Crippen LogP contribution in [0.25, 0.3) is 0 Å². The first-order chi connectivity index (χ1) is 7.85. The molecule has 1 saturated carbocycles. The fourth-order valence-corrected chi connectivity index (χ4v) is 2.10. The molecule has 4 nitrogen and oxygen atoms in total. The van der Waals surface area contributed by atoms with E-state index in [1.165, 1.54) is 18.4 Å². The van der Waals surface area contributed by atoms with Crippen LogP contribution in [0.3, 0.4) is 0 Å². The molecule has 0 radical (unpaired) electrons. The molecule has 2 aliphatic rings. The molecule has 0 saturated heterocycles. The number of nitrogens with two attached hydrogens (primary N) is 1. The first-order valence-corrected chi connectivity index (χ1v) is 6.29.